The zero-order chi connectivity index (χ0) is 9.52. The minimum Gasteiger partial charge on any atom is -0.355 e. The van der Waals surface area contributed by atoms with Gasteiger partial charge in [0, 0.05) is 18.9 Å². The van der Waals surface area contributed by atoms with E-state index in [0.717, 1.165) is 18.1 Å². The van der Waals surface area contributed by atoms with E-state index in [4.69, 9.17) is 0 Å². The number of carbonyl (C=O) groups excluding carboxylic acids is 1. The minimum atomic E-state index is 0.0586. The molecule has 1 aromatic rings. The van der Waals surface area contributed by atoms with E-state index in [2.05, 4.69) is 15.3 Å². The first-order valence-electron chi connectivity index (χ1n) is 4.21. The molecule has 0 fully saturated rings. The molecule has 0 aliphatic heterocycles. The maximum absolute atomic E-state index is 11.1. The molecule has 1 aromatic heterocycles. The molecular weight excluding hydrogens is 186 g/mol. The van der Waals surface area contributed by atoms with Gasteiger partial charge in [-0.15, -0.1) is 0 Å². The molecule has 2 N–H and O–H groups in total. The van der Waals surface area contributed by atoms with Crippen LogP contribution in [-0.2, 0) is 4.79 Å². The van der Waals surface area contributed by atoms with Gasteiger partial charge in [-0.3, -0.25) is 4.79 Å². The largest absolute Gasteiger partial charge is 0.355 e. The average molecular weight is 199 g/mol. The van der Waals surface area contributed by atoms with Crippen LogP contribution in [0.5, 0.6) is 0 Å². The number of hydrogen-bond acceptors (Lipinski definition) is 3. The number of thioether (sulfide) groups is 1. The summed E-state index contributed by atoms with van der Waals surface area (Å²) in [7, 11) is 0. The molecule has 0 aliphatic carbocycles. The van der Waals surface area contributed by atoms with Crippen LogP contribution in [0.3, 0.4) is 0 Å². The summed E-state index contributed by atoms with van der Waals surface area (Å²) in [6.45, 7) is 2.78. The lowest BCUT2D eigenvalue weighted by Gasteiger charge is -2.00. The van der Waals surface area contributed by atoms with Crippen LogP contribution < -0.4 is 5.32 Å². The second kappa shape index (κ2) is 5.64. The van der Waals surface area contributed by atoms with Crippen molar-refractivity contribution >= 4 is 17.7 Å². The molecular formula is C8H13N3OS. The van der Waals surface area contributed by atoms with E-state index in [-0.39, 0.29) is 5.91 Å². The van der Waals surface area contributed by atoms with E-state index in [0.29, 0.717) is 5.75 Å². The molecule has 0 saturated heterocycles. The van der Waals surface area contributed by atoms with Crippen LogP contribution in [0.4, 0.5) is 0 Å². The Morgan fingerprint density at radius 1 is 1.77 bits per heavy atom. The van der Waals surface area contributed by atoms with Crippen LogP contribution >= 0.6 is 11.8 Å². The number of amides is 1. The number of hydrogen-bond donors (Lipinski definition) is 2. The fraction of sp³-hybridized carbons (Fsp3) is 0.500. The molecule has 0 aromatic carbocycles. The summed E-state index contributed by atoms with van der Waals surface area (Å²) in [5.74, 6) is 0.483. The third-order valence-corrected chi connectivity index (χ3v) is 2.29. The maximum Gasteiger partial charge on any atom is 0.230 e. The number of imidazole rings is 1. The number of aromatic amines is 1. The Bertz CT molecular complexity index is 248. The van der Waals surface area contributed by atoms with Crippen LogP contribution in [0, 0.1) is 0 Å². The van der Waals surface area contributed by atoms with Crippen molar-refractivity contribution in [2.45, 2.75) is 18.5 Å². The van der Waals surface area contributed by atoms with Gasteiger partial charge >= 0.3 is 0 Å². The zero-order valence-corrected chi connectivity index (χ0v) is 8.36. The number of carbonyl (C=O) groups is 1. The van der Waals surface area contributed by atoms with E-state index in [1.807, 2.05) is 6.92 Å². The fourth-order valence-electron chi connectivity index (χ4n) is 0.779. The highest BCUT2D eigenvalue weighted by atomic mass is 32.2. The van der Waals surface area contributed by atoms with Crippen molar-refractivity contribution in [3.05, 3.63) is 12.4 Å². The molecule has 0 bridgehead atoms. The Labute approximate surface area is 81.5 Å². The second-order valence-corrected chi connectivity index (χ2v) is 3.50. The van der Waals surface area contributed by atoms with Gasteiger partial charge in [0.2, 0.25) is 5.91 Å². The monoisotopic (exact) mass is 199 g/mol. The van der Waals surface area contributed by atoms with Gasteiger partial charge in [0.25, 0.3) is 0 Å². The topological polar surface area (TPSA) is 57.8 Å². The van der Waals surface area contributed by atoms with Gasteiger partial charge in [-0.1, -0.05) is 18.7 Å². The smallest absolute Gasteiger partial charge is 0.230 e. The molecule has 1 heterocycles. The number of aromatic nitrogens is 2. The van der Waals surface area contributed by atoms with Crippen LogP contribution in [0.2, 0.25) is 0 Å². The predicted molar refractivity (Wildman–Crippen MR) is 52.6 cm³/mol. The summed E-state index contributed by atoms with van der Waals surface area (Å²) >= 11 is 1.41. The van der Waals surface area contributed by atoms with Gasteiger partial charge in [-0.05, 0) is 6.42 Å². The molecule has 1 rings (SSSR count). The van der Waals surface area contributed by atoms with Crippen molar-refractivity contribution in [3.8, 4) is 0 Å². The lowest BCUT2D eigenvalue weighted by molar-refractivity contribution is -0.118. The van der Waals surface area contributed by atoms with E-state index < -0.39 is 0 Å². The summed E-state index contributed by atoms with van der Waals surface area (Å²) in [5, 5.41) is 3.58. The summed E-state index contributed by atoms with van der Waals surface area (Å²) in [6.07, 6.45) is 4.38. The molecule has 1 amide bonds. The minimum absolute atomic E-state index is 0.0586. The van der Waals surface area contributed by atoms with Crippen LogP contribution in [0.1, 0.15) is 13.3 Å². The molecule has 13 heavy (non-hydrogen) atoms. The standard InChI is InChI=1S/C8H13N3OS/c1-2-3-9-7(12)6-13-8-10-4-5-11-8/h4-5H,2-3,6H2,1H3,(H,9,12)(H,10,11). The van der Waals surface area contributed by atoms with Crippen molar-refractivity contribution in [2.24, 2.45) is 0 Å². The summed E-state index contributed by atoms with van der Waals surface area (Å²) in [5.41, 5.74) is 0. The van der Waals surface area contributed by atoms with Gasteiger partial charge in [0.05, 0.1) is 5.75 Å². The quantitative estimate of drug-likeness (QED) is 0.696. The molecule has 72 valence electrons. The highest BCUT2D eigenvalue weighted by molar-refractivity contribution is 7.99. The third-order valence-electron chi connectivity index (χ3n) is 1.39. The first kappa shape index (κ1) is 10.1. The molecule has 0 spiro atoms. The molecule has 0 unspecified atom stereocenters. The first-order chi connectivity index (χ1) is 6.33. The van der Waals surface area contributed by atoms with E-state index in [1.165, 1.54) is 11.8 Å². The highest BCUT2D eigenvalue weighted by Gasteiger charge is 2.02. The van der Waals surface area contributed by atoms with Crippen LogP contribution in [0.25, 0.3) is 0 Å². The van der Waals surface area contributed by atoms with Gasteiger partial charge in [0.1, 0.15) is 0 Å². The van der Waals surface area contributed by atoms with E-state index in [9.17, 15) is 4.79 Å². The molecule has 5 heteroatoms. The van der Waals surface area contributed by atoms with Crippen molar-refractivity contribution in [1.29, 1.82) is 0 Å². The Morgan fingerprint density at radius 2 is 2.62 bits per heavy atom. The summed E-state index contributed by atoms with van der Waals surface area (Å²) in [4.78, 5) is 18.0. The number of rotatable bonds is 5. The lowest BCUT2D eigenvalue weighted by Crippen LogP contribution is -2.25. The van der Waals surface area contributed by atoms with E-state index >= 15 is 0 Å². The molecule has 4 nitrogen and oxygen atoms in total. The Balaban J connectivity index is 2.15. The van der Waals surface area contributed by atoms with Gasteiger partial charge in [-0.2, -0.15) is 0 Å². The van der Waals surface area contributed by atoms with Gasteiger partial charge in [-0.25, -0.2) is 4.98 Å². The third kappa shape index (κ3) is 3.98. The second-order valence-electron chi connectivity index (χ2n) is 2.53. The van der Waals surface area contributed by atoms with Crippen molar-refractivity contribution < 1.29 is 4.79 Å². The Kier molecular flexibility index (Phi) is 4.39. The van der Waals surface area contributed by atoms with E-state index in [1.54, 1.807) is 12.4 Å². The molecule has 0 saturated carbocycles. The molecule has 0 radical (unpaired) electrons. The van der Waals surface area contributed by atoms with Crippen molar-refractivity contribution in [3.63, 3.8) is 0 Å². The van der Waals surface area contributed by atoms with Crippen LogP contribution in [0.15, 0.2) is 17.6 Å². The summed E-state index contributed by atoms with van der Waals surface area (Å²) < 4.78 is 0. The van der Waals surface area contributed by atoms with Crippen LogP contribution in [-0.4, -0.2) is 28.2 Å². The van der Waals surface area contributed by atoms with Gasteiger partial charge in [0.15, 0.2) is 5.16 Å². The van der Waals surface area contributed by atoms with Crippen molar-refractivity contribution in [1.82, 2.24) is 15.3 Å². The molecule has 0 atom stereocenters. The van der Waals surface area contributed by atoms with Gasteiger partial charge < -0.3 is 10.3 Å². The predicted octanol–water partition coefficient (Wildman–Crippen LogP) is 1.03. The number of nitrogens with zero attached hydrogens (tertiary/aromatic N) is 1. The average Bonchev–Trinajstić information content (AvgIpc) is 2.64. The maximum atomic E-state index is 11.1. The normalized spacial score (nSPS) is 9.92. The van der Waals surface area contributed by atoms with Crippen molar-refractivity contribution in [2.75, 3.05) is 12.3 Å². The Hall–Kier alpha value is -0.970. The first-order valence-corrected chi connectivity index (χ1v) is 5.20. The SMILES string of the molecule is CCCNC(=O)CSc1ncc[nH]1. The molecule has 0 aliphatic rings. The Morgan fingerprint density at radius 3 is 3.23 bits per heavy atom. The zero-order valence-electron chi connectivity index (χ0n) is 7.54. The number of nitrogens with one attached hydrogen (secondary N) is 2. The summed E-state index contributed by atoms with van der Waals surface area (Å²) in [6, 6.07) is 0. The highest BCUT2D eigenvalue weighted by Crippen LogP contribution is 2.10. The number of H-pyrrole nitrogens is 1. The lowest BCUT2D eigenvalue weighted by atomic mass is 10.5. The fourth-order valence-corrected chi connectivity index (χ4v) is 1.44.